The lowest BCUT2D eigenvalue weighted by atomic mass is 9.92. The largest absolute Gasteiger partial charge is 0.465 e. The zero-order chi connectivity index (χ0) is 31.4. The number of nitrogens with one attached hydrogen (secondary N) is 1. The SMILES string of the molecule is CCOC(=O)CN(C1CCC(OC2CCN(C(=O)OCc3ccccc3)CC2)CC1)S(=O)(=O)NC(=O)OCc1ccccc1. The van der Waals surface area contributed by atoms with Crippen LogP contribution in [0.5, 0.6) is 0 Å². The average molecular weight is 632 g/mol. The van der Waals surface area contributed by atoms with E-state index in [1.165, 1.54) is 0 Å². The Kier molecular flexibility index (Phi) is 12.4. The van der Waals surface area contributed by atoms with Crippen LogP contribution in [0.1, 0.15) is 56.6 Å². The first-order chi connectivity index (χ1) is 21.2. The number of rotatable bonds is 12. The zero-order valence-electron chi connectivity index (χ0n) is 25.0. The molecule has 2 aliphatic rings. The lowest BCUT2D eigenvalue weighted by Gasteiger charge is -2.38. The van der Waals surface area contributed by atoms with Gasteiger partial charge in [0, 0.05) is 19.1 Å². The van der Waals surface area contributed by atoms with Gasteiger partial charge in [0.2, 0.25) is 0 Å². The number of benzene rings is 2. The fraction of sp³-hybridized carbons (Fsp3) is 0.516. The molecule has 1 heterocycles. The van der Waals surface area contributed by atoms with E-state index >= 15 is 0 Å². The predicted octanol–water partition coefficient (Wildman–Crippen LogP) is 4.15. The molecule has 1 N–H and O–H groups in total. The summed E-state index contributed by atoms with van der Waals surface area (Å²) < 4.78 is 51.3. The van der Waals surface area contributed by atoms with Crippen LogP contribution in [0.4, 0.5) is 9.59 Å². The van der Waals surface area contributed by atoms with Gasteiger partial charge in [-0.25, -0.2) is 14.3 Å². The first kappa shape index (κ1) is 33.2. The van der Waals surface area contributed by atoms with Gasteiger partial charge in [0.15, 0.2) is 0 Å². The second-order valence-electron chi connectivity index (χ2n) is 10.8. The number of likely N-dealkylation sites (tertiary alicyclic amines) is 1. The Morgan fingerprint density at radius 3 is 1.91 bits per heavy atom. The number of piperidine rings is 1. The number of nitrogens with zero attached hydrogens (tertiary/aromatic N) is 2. The maximum absolute atomic E-state index is 13.2. The molecule has 13 heteroatoms. The van der Waals surface area contributed by atoms with E-state index in [4.69, 9.17) is 18.9 Å². The fourth-order valence-corrected chi connectivity index (χ4v) is 6.65. The minimum atomic E-state index is -4.40. The Balaban J connectivity index is 1.24. The Bertz CT molecular complexity index is 1310. The van der Waals surface area contributed by atoms with E-state index in [0.29, 0.717) is 57.2 Å². The van der Waals surface area contributed by atoms with Gasteiger partial charge in [-0.15, -0.1) is 0 Å². The molecule has 2 fully saturated rings. The van der Waals surface area contributed by atoms with Crippen molar-refractivity contribution in [2.24, 2.45) is 0 Å². The third-order valence-electron chi connectivity index (χ3n) is 7.67. The van der Waals surface area contributed by atoms with Crippen LogP contribution >= 0.6 is 0 Å². The van der Waals surface area contributed by atoms with Crippen LogP contribution in [-0.2, 0) is 47.2 Å². The normalized spacial score (nSPS) is 19.3. The number of amides is 2. The summed E-state index contributed by atoms with van der Waals surface area (Å²) >= 11 is 0. The van der Waals surface area contributed by atoms with Crippen LogP contribution in [0.25, 0.3) is 0 Å². The van der Waals surface area contributed by atoms with E-state index in [9.17, 15) is 22.8 Å². The quantitative estimate of drug-likeness (QED) is 0.270. The second-order valence-corrected chi connectivity index (χ2v) is 12.4. The van der Waals surface area contributed by atoms with E-state index < -0.39 is 34.9 Å². The van der Waals surface area contributed by atoms with Crippen LogP contribution in [0.2, 0.25) is 0 Å². The Hall–Kier alpha value is -3.68. The monoisotopic (exact) mass is 631 g/mol. The molecule has 0 spiro atoms. The molecule has 1 saturated carbocycles. The smallest absolute Gasteiger partial charge is 0.422 e. The van der Waals surface area contributed by atoms with E-state index in [1.807, 2.05) is 41.1 Å². The average Bonchev–Trinajstić information content (AvgIpc) is 3.03. The highest BCUT2D eigenvalue weighted by atomic mass is 32.2. The van der Waals surface area contributed by atoms with Gasteiger partial charge in [-0.1, -0.05) is 60.7 Å². The number of hydrogen-bond donors (Lipinski definition) is 1. The van der Waals surface area contributed by atoms with Crippen molar-refractivity contribution in [3.8, 4) is 0 Å². The predicted molar refractivity (Wildman–Crippen MR) is 160 cm³/mol. The van der Waals surface area contributed by atoms with E-state index in [2.05, 4.69) is 0 Å². The maximum Gasteiger partial charge on any atom is 0.422 e. The van der Waals surface area contributed by atoms with Gasteiger partial charge >= 0.3 is 28.4 Å². The van der Waals surface area contributed by atoms with E-state index in [-0.39, 0.29) is 38.1 Å². The summed E-state index contributed by atoms with van der Waals surface area (Å²) in [5.41, 5.74) is 1.64. The van der Waals surface area contributed by atoms with E-state index in [0.717, 1.165) is 9.87 Å². The van der Waals surface area contributed by atoms with Gasteiger partial charge in [-0.05, 0) is 56.6 Å². The van der Waals surface area contributed by atoms with Crippen molar-refractivity contribution in [2.75, 3.05) is 26.2 Å². The standard InChI is InChI=1S/C31H41N3O9S/c1-2-40-29(35)21-34(44(38,39)32-30(36)41-22-24-9-5-3-6-10-24)26-13-15-27(16-14-26)43-28-17-19-33(20-18-28)31(37)42-23-25-11-7-4-8-12-25/h3-12,26-28H,2,13-23H2,1H3,(H,32,36). The number of hydrogen-bond acceptors (Lipinski definition) is 9. The molecule has 1 saturated heterocycles. The lowest BCUT2D eigenvalue weighted by molar-refractivity contribution is -0.143. The molecule has 2 amide bonds. The van der Waals surface area contributed by atoms with Crippen LogP contribution < -0.4 is 4.72 Å². The molecule has 12 nitrogen and oxygen atoms in total. The number of ether oxygens (including phenoxy) is 4. The van der Waals surface area contributed by atoms with Crippen molar-refractivity contribution in [1.82, 2.24) is 13.9 Å². The molecule has 240 valence electrons. The van der Waals surface area contributed by atoms with Crippen LogP contribution in [0.3, 0.4) is 0 Å². The molecule has 0 aromatic heterocycles. The Labute approximate surface area is 258 Å². The highest BCUT2D eigenvalue weighted by Gasteiger charge is 2.37. The van der Waals surface area contributed by atoms with Crippen LogP contribution in [0.15, 0.2) is 60.7 Å². The summed E-state index contributed by atoms with van der Waals surface area (Å²) in [6.45, 7) is 2.41. The third-order valence-corrected chi connectivity index (χ3v) is 9.13. The van der Waals surface area contributed by atoms with Crippen molar-refractivity contribution in [3.63, 3.8) is 0 Å². The number of carbonyl (C=O) groups is 3. The van der Waals surface area contributed by atoms with Crippen molar-refractivity contribution < 1.29 is 41.7 Å². The van der Waals surface area contributed by atoms with Crippen molar-refractivity contribution in [3.05, 3.63) is 71.8 Å². The minimum Gasteiger partial charge on any atom is -0.465 e. The Morgan fingerprint density at radius 2 is 1.34 bits per heavy atom. The summed E-state index contributed by atoms with van der Waals surface area (Å²) in [6.07, 6.45) is 1.83. The first-order valence-electron chi connectivity index (χ1n) is 15.0. The van der Waals surface area contributed by atoms with Gasteiger partial charge in [0.1, 0.15) is 19.8 Å². The molecule has 2 aromatic rings. The van der Waals surface area contributed by atoms with Crippen molar-refractivity contribution in [1.29, 1.82) is 0 Å². The minimum absolute atomic E-state index is 0.0184. The summed E-state index contributed by atoms with van der Waals surface area (Å²) in [4.78, 5) is 38.9. The van der Waals surface area contributed by atoms with Gasteiger partial charge in [-0.3, -0.25) is 4.79 Å². The first-order valence-corrected chi connectivity index (χ1v) is 16.4. The number of esters is 1. The van der Waals surface area contributed by atoms with Gasteiger partial charge in [0.05, 0.1) is 18.8 Å². The zero-order valence-corrected chi connectivity index (χ0v) is 25.8. The van der Waals surface area contributed by atoms with Gasteiger partial charge in [0.25, 0.3) is 0 Å². The maximum atomic E-state index is 13.2. The summed E-state index contributed by atoms with van der Waals surface area (Å²) in [5, 5.41) is 0. The molecule has 4 rings (SSSR count). The van der Waals surface area contributed by atoms with Crippen LogP contribution in [-0.4, -0.2) is 80.3 Å². The lowest BCUT2D eigenvalue weighted by Crippen LogP contribution is -2.52. The summed E-state index contributed by atoms with van der Waals surface area (Å²) in [6, 6.07) is 17.9. The molecule has 0 bridgehead atoms. The topological polar surface area (TPSA) is 141 Å². The highest BCUT2D eigenvalue weighted by molar-refractivity contribution is 7.87. The second kappa shape index (κ2) is 16.4. The van der Waals surface area contributed by atoms with Crippen LogP contribution in [0, 0.1) is 0 Å². The van der Waals surface area contributed by atoms with E-state index in [1.54, 1.807) is 36.1 Å². The third kappa shape index (κ3) is 10.2. The highest BCUT2D eigenvalue weighted by Crippen LogP contribution is 2.29. The fourth-order valence-electron chi connectivity index (χ4n) is 5.39. The Morgan fingerprint density at radius 1 is 0.795 bits per heavy atom. The molecule has 0 atom stereocenters. The van der Waals surface area contributed by atoms with Gasteiger partial charge < -0.3 is 23.8 Å². The molecule has 2 aromatic carbocycles. The molecular weight excluding hydrogens is 590 g/mol. The van der Waals surface area contributed by atoms with Gasteiger partial charge in [-0.2, -0.15) is 12.7 Å². The molecule has 0 unspecified atom stereocenters. The molecule has 44 heavy (non-hydrogen) atoms. The van der Waals surface area contributed by atoms with Crippen molar-refractivity contribution in [2.45, 2.75) is 76.9 Å². The molecule has 1 aliphatic heterocycles. The summed E-state index contributed by atoms with van der Waals surface area (Å²) in [7, 11) is -4.40. The van der Waals surface area contributed by atoms with Crippen molar-refractivity contribution >= 4 is 28.4 Å². The summed E-state index contributed by atoms with van der Waals surface area (Å²) in [5.74, 6) is -0.706. The molecule has 0 radical (unpaired) electrons. The molecule has 1 aliphatic carbocycles. The number of carbonyl (C=O) groups excluding carboxylic acids is 3. The molecular formula is C31H41N3O9S.